The normalized spacial score (nSPS) is 40.4. The highest BCUT2D eigenvalue weighted by atomic mass is 16.6. The van der Waals surface area contributed by atoms with E-state index in [2.05, 4.69) is 0 Å². The molecule has 4 aliphatic rings. The van der Waals surface area contributed by atoms with Gasteiger partial charge in [0.25, 0.3) is 11.7 Å². The molecule has 2 saturated heterocycles. The Morgan fingerprint density at radius 1 is 0.846 bits per heavy atom. The first kappa shape index (κ1) is 54.2. The Hall–Kier alpha value is -3.37. The van der Waals surface area contributed by atoms with Gasteiger partial charge in [0.15, 0.2) is 5.78 Å². The van der Waals surface area contributed by atoms with Crippen LogP contribution in [0.3, 0.4) is 0 Å². The average Bonchev–Trinajstić information content (AvgIpc) is 3.28. The molecule has 6 unspecified atom stereocenters. The molecule has 3 heterocycles. The Kier molecular flexibility index (Phi) is 21.0. The van der Waals surface area contributed by atoms with Crippen LogP contribution in [0, 0.1) is 35.5 Å². The molecule has 3 aliphatic heterocycles. The number of aliphatic hydroxyl groups excluding tert-OH is 2. The van der Waals surface area contributed by atoms with Crippen LogP contribution >= 0.6 is 0 Å². The maximum absolute atomic E-state index is 14.4. The number of Topliss-reactive ketones (excluding diaryl/α,β-unsaturated/α-hetero) is 3. The third kappa shape index (κ3) is 14.3. The topological polar surface area (TPSA) is 195 Å². The first-order chi connectivity index (χ1) is 30.7. The monoisotopic (exact) mass is 914 g/mol. The summed E-state index contributed by atoms with van der Waals surface area (Å²) in [6, 6.07) is -1.14. The number of rotatable bonds is 6. The van der Waals surface area contributed by atoms with Crippen LogP contribution in [0.25, 0.3) is 0 Å². The fourth-order valence-electron chi connectivity index (χ4n) is 10.1. The zero-order chi connectivity index (χ0) is 48.2. The van der Waals surface area contributed by atoms with Gasteiger partial charge in [-0.15, -0.1) is 0 Å². The molecular weight excluding hydrogens is 835 g/mol. The molecule has 15 atom stereocenters. The molecule has 4 rings (SSSR count). The number of piperidine rings is 1. The van der Waals surface area contributed by atoms with Crippen molar-refractivity contribution >= 4 is 29.2 Å². The van der Waals surface area contributed by atoms with Crippen LogP contribution < -0.4 is 0 Å². The summed E-state index contributed by atoms with van der Waals surface area (Å²) in [5.41, 5.74) is 1.27. The molecule has 0 spiro atoms. The molecular formula is C51H79NO13. The number of amides is 1. The van der Waals surface area contributed by atoms with Crippen molar-refractivity contribution in [2.24, 2.45) is 35.5 Å². The van der Waals surface area contributed by atoms with E-state index >= 15 is 0 Å². The van der Waals surface area contributed by atoms with Crippen molar-refractivity contribution in [1.29, 1.82) is 0 Å². The number of ketones is 3. The predicted molar refractivity (Wildman–Crippen MR) is 245 cm³/mol. The number of allylic oxidation sites excluding steroid dienone is 6. The number of aliphatic hydroxyl groups is 3. The molecule has 0 aromatic rings. The van der Waals surface area contributed by atoms with Gasteiger partial charge >= 0.3 is 5.97 Å². The third-order valence-corrected chi connectivity index (χ3v) is 14.5. The Morgan fingerprint density at radius 3 is 2.25 bits per heavy atom. The van der Waals surface area contributed by atoms with Crippen LogP contribution in [-0.2, 0) is 47.7 Å². The number of fused-ring (bicyclic) bond motifs is 3. The van der Waals surface area contributed by atoms with Gasteiger partial charge in [-0.25, -0.2) is 4.79 Å². The average molecular weight is 914 g/mol. The predicted octanol–water partition coefficient (Wildman–Crippen LogP) is 6.18. The van der Waals surface area contributed by atoms with Gasteiger partial charge in [-0.05, 0) is 107 Å². The van der Waals surface area contributed by atoms with E-state index in [4.69, 9.17) is 23.7 Å². The molecule has 3 fully saturated rings. The molecule has 14 nitrogen and oxygen atoms in total. The lowest BCUT2D eigenvalue weighted by atomic mass is 9.78. The van der Waals surface area contributed by atoms with Crippen LogP contribution in [0.5, 0.6) is 0 Å². The van der Waals surface area contributed by atoms with Crippen LogP contribution in [0.2, 0.25) is 0 Å². The summed E-state index contributed by atoms with van der Waals surface area (Å²) in [4.78, 5) is 71.8. The highest BCUT2D eigenvalue weighted by Gasteiger charge is 2.53. The molecule has 0 aromatic heterocycles. The number of esters is 1. The fourth-order valence-corrected chi connectivity index (χ4v) is 10.1. The summed E-state index contributed by atoms with van der Waals surface area (Å²) in [7, 11) is 4.52. The first-order valence-electron chi connectivity index (χ1n) is 23.9. The number of nitrogens with zero attached hydrogens (tertiary/aromatic N) is 1. The Bertz CT molecular complexity index is 1760. The van der Waals surface area contributed by atoms with Crippen LogP contribution in [-0.4, -0.2) is 132 Å². The quantitative estimate of drug-likeness (QED) is 0.156. The lowest BCUT2D eigenvalue weighted by molar-refractivity contribution is -0.265. The van der Waals surface area contributed by atoms with Crippen LogP contribution in [0.4, 0.5) is 0 Å². The zero-order valence-corrected chi connectivity index (χ0v) is 40.6. The molecule has 2 bridgehead atoms. The molecule has 366 valence electrons. The summed E-state index contributed by atoms with van der Waals surface area (Å²) < 4.78 is 29.4. The zero-order valence-electron chi connectivity index (χ0n) is 40.6. The van der Waals surface area contributed by atoms with E-state index in [1.54, 1.807) is 41.1 Å². The van der Waals surface area contributed by atoms with Gasteiger partial charge < -0.3 is 43.9 Å². The van der Waals surface area contributed by atoms with Gasteiger partial charge in [0, 0.05) is 58.5 Å². The van der Waals surface area contributed by atoms with Gasteiger partial charge in [0.2, 0.25) is 5.79 Å². The highest BCUT2D eigenvalue weighted by molar-refractivity contribution is 6.39. The standard InChI is InChI=1S/C51H79NO13/c1-30-16-12-11-13-17-31(2)42(61-8)28-38-21-19-36(7)51(60,65-38)48(57)49(58)52-23-15-14-18-39(52)50(59)64-43(33(4)26-37-20-22-40(53)44(27-37)62-9)29-41(54)32(3)25-35(6)46(56)47(63-10)45(55)34(5)24-30/h11-13,16-17,25,30,32-34,36-40,42-44,46-47,53,56,60H,14-15,18-24,26-29H2,1-10H3/b13-11+,16-12+,31-17+,35-25+/t30-,32-,33?,34?,36-,37?,38+,39?,40-,42+,43+,44?,46-,47?,51-/m1/s1. The van der Waals surface area contributed by atoms with E-state index in [0.717, 1.165) is 12.0 Å². The smallest absolute Gasteiger partial charge is 0.329 e. The molecule has 3 N–H and O–H groups in total. The molecule has 65 heavy (non-hydrogen) atoms. The van der Waals surface area contributed by atoms with Crippen LogP contribution in [0.1, 0.15) is 126 Å². The lowest BCUT2D eigenvalue weighted by Gasteiger charge is -2.42. The summed E-state index contributed by atoms with van der Waals surface area (Å²) >= 11 is 0. The summed E-state index contributed by atoms with van der Waals surface area (Å²) in [6.45, 7) is 12.7. The summed E-state index contributed by atoms with van der Waals surface area (Å²) in [5, 5.41) is 33.8. The van der Waals surface area contributed by atoms with Crippen molar-refractivity contribution in [2.45, 2.75) is 180 Å². The second kappa shape index (κ2) is 25.1. The van der Waals surface area contributed by atoms with Crippen molar-refractivity contribution < 1.29 is 63.0 Å². The van der Waals surface area contributed by atoms with E-state index in [1.165, 1.54) is 12.0 Å². The summed E-state index contributed by atoms with van der Waals surface area (Å²) in [6.07, 6.45) is 11.2. The number of hydrogen-bond donors (Lipinski definition) is 3. The first-order valence-corrected chi connectivity index (χ1v) is 23.9. The highest BCUT2D eigenvalue weighted by Crippen LogP contribution is 2.38. The van der Waals surface area contributed by atoms with Crippen molar-refractivity contribution in [1.82, 2.24) is 4.90 Å². The number of ether oxygens (including phenoxy) is 5. The van der Waals surface area contributed by atoms with E-state index in [9.17, 15) is 39.3 Å². The molecule has 1 amide bonds. The van der Waals surface area contributed by atoms with E-state index in [1.807, 2.05) is 58.1 Å². The Labute approximate surface area is 387 Å². The SMILES string of the molecule is COC1CC(CC(C)[C@@H]2CC(=O)[C@H](C)/C=C(\C)[C@@H](O)C(OC)C(=O)C(C)C[C@H](C)/C=C/C=C/C=C(\C)[C@@H](OC)C[C@@H]3CC[C@@H](C)[C@@](O)(O3)C(=O)C(=O)N3CCCCC3C(=O)O2)CC[C@H]1O. The van der Waals surface area contributed by atoms with Gasteiger partial charge in [0.05, 0.1) is 24.4 Å². The van der Waals surface area contributed by atoms with Gasteiger partial charge in [-0.2, -0.15) is 0 Å². The van der Waals surface area contributed by atoms with Crippen molar-refractivity contribution in [2.75, 3.05) is 27.9 Å². The second-order valence-corrected chi connectivity index (χ2v) is 19.6. The second-order valence-electron chi connectivity index (χ2n) is 19.6. The number of carbonyl (C=O) groups excluding carboxylic acids is 5. The number of carbonyl (C=O) groups is 5. The molecule has 14 heteroatoms. The molecule has 0 radical (unpaired) electrons. The number of methoxy groups -OCH3 is 3. The number of cyclic esters (lactones) is 1. The van der Waals surface area contributed by atoms with E-state index < -0.39 is 83.9 Å². The van der Waals surface area contributed by atoms with E-state index in [-0.39, 0.29) is 54.8 Å². The van der Waals surface area contributed by atoms with Crippen molar-refractivity contribution in [3.8, 4) is 0 Å². The van der Waals surface area contributed by atoms with Crippen molar-refractivity contribution in [3.05, 3.63) is 47.6 Å². The molecule has 1 saturated carbocycles. The minimum absolute atomic E-state index is 0.0193. The van der Waals surface area contributed by atoms with Crippen molar-refractivity contribution in [3.63, 3.8) is 0 Å². The summed E-state index contributed by atoms with van der Waals surface area (Å²) in [5.74, 6) is -7.96. The maximum atomic E-state index is 14.4. The molecule has 0 aromatic carbocycles. The van der Waals surface area contributed by atoms with Gasteiger partial charge in [0.1, 0.15) is 30.1 Å². The Balaban J connectivity index is 1.70. The van der Waals surface area contributed by atoms with E-state index in [0.29, 0.717) is 63.4 Å². The van der Waals surface area contributed by atoms with Crippen LogP contribution in [0.15, 0.2) is 47.6 Å². The minimum Gasteiger partial charge on any atom is -0.460 e. The molecule has 1 aliphatic carbocycles. The number of hydrogen-bond acceptors (Lipinski definition) is 13. The Morgan fingerprint density at radius 2 is 1.57 bits per heavy atom. The maximum Gasteiger partial charge on any atom is 0.329 e. The minimum atomic E-state index is -2.43. The van der Waals surface area contributed by atoms with Gasteiger partial charge in [-0.3, -0.25) is 19.2 Å². The lowest BCUT2D eigenvalue weighted by Crippen LogP contribution is -2.61. The fraction of sp³-hybridized carbons (Fsp3) is 0.745. The largest absolute Gasteiger partial charge is 0.460 e. The third-order valence-electron chi connectivity index (χ3n) is 14.5. The van der Waals surface area contributed by atoms with Gasteiger partial charge in [-0.1, -0.05) is 71.1 Å².